The number of alkyl halides is 2. The molecule has 3 aromatic rings. The van der Waals surface area contributed by atoms with Crippen molar-refractivity contribution in [1.29, 1.82) is 0 Å². The summed E-state index contributed by atoms with van der Waals surface area (Å²) >= 11 is 0. The van der Waals surface area contributed by atoms with Gasteiger partial charge in [0, 0.05) is 11.1 Å². The van der Waals surface area contributed by atoms with Gasteiger partial charge in [-0.3, -0.25) is 5.32 Å². The summed E-state index contributed by atoms with van der Waals surface area (Å²) in [6.07, 6.45) is -1.64. The van der Waals surface area contributed by atoms with Gasteiger partial charge in [0.15, 0.2) is 6.10 Å². The van der Waals surface area contributed by atoms with Crippen LogP contribution in [0.5, 0.6) is 11.5 Å². The maximum Gasteiger partial charge on any atom is 0.415 e. The number of nitrogens with one attached hydrogen (secondary N) is 1. The van der Waals surface area contributed by atoms with E-state index in [2.05, 4.69) is 20.7 Å². The SMILES string of the molecule is O=C(Nc1nnn(C(F)F)n1)OC1c2ccccc2Oc2ccccc21. The highest BCUT2D eigenvalue weighted by atomic mass is 19.3. The van der Waals surface area contributed by atoms with E-state index in [1.807, 2.05) is 0 Å². The first kappa shape index (κ1) is 15.9. The molecule has 0 atom stereocenters. The summed E-state index contributed by atoms with van der Waals surface area (Å²) in [6, 6.07) is 14.3. The molecule has 0 radical (unpaired) electrons. The molecule has 10 heteroatoms. The summed E-state index contributed by atoms with van der Waals surface area (Å²) in [5.74, 6) is 0.737. The van der Waals surface area contributed by atoms with E-state index >= 15 is 0 Å². The van der Waals surface area contributed by atoms with Crippen molar-refractivity contribution in [2.75, 3.05) is 5.32 Å². The molecule has 0 saturated carbocycles. The molecular weight excluding hydrogens is 348 g/mol. The molecule has 26 heavy (non-hydrogen) atoms. The summed E-state index contributed by atoms with van der Waals surface area (Å²) in [6.45, 7) is -2.96. The first-order valence-corrected chi connectivity index (χ1v) is 7.53. The van der Waals surface area contributed by atoms with Crippen LogP contribution in [0, 0.1) is 0 Å². The van der Waals surface area contributed by atoms with Crippen LogP contribution in [0.2, 0.25) is 0 Å². The first-order valence-electron chi connectivity index (χ1n) is 7.53. The Labute approximate surface area is 145 Å². The van der Waals surface area contributed by atoms with Crippen molar-refractivity contribution in [3.05, 3.63) is 59.7 Å². The lowest BCUT2D eigenvalue weighted by Gasteiger charge is -2.27. The van der Waals surface area contributed by atoms with Gasteiger partial charge < -0.3 is 9.47 Å². The zero-order chi connectivity index (χ0) is 18.1. The molecule has 0 fully saturated rings. The van der Waals surface area contributed by atoms with Crippen molar-refractivity contribution in [2.24, 2.45) is 0 Å². The fourth-order valence-corrected chi connectivity index (χ4v) is 2.58. The second-order valence-electron chi connectivity index (χ2n) is 5.30. The predicted molar refractivity (Wildman–Crippen MR) is 84.0 cm³/mol. The molecule has 0 spiro atoms. The van der Waals surface area contributed by atoms with Gasteiger partial charge in [0.2, 0.25) is 0 Å². The molecule has 8 nitrogen and oxygen atoms in total. The molecular formula is C16H11F2N5O3. The van der Waals surface area contributed by atoms with Gasteiger partial charge in [-0.2, -0.15) is 8.78 Å². The number of benzene rings is 2. The number of nitrogens with zero attached hydrogens (tertiary/aromatic N) is 4. The number of para-hydroxylation sites is 2. The van der Waals surface area contributed by atoms with Crippen molar-refractivity contribution in [3.8, 4) is 11.5 Å². The van der Waals surface area contributed by atoms with Gasteiger partial charge in [0.1, 0.15) is 11.5 Å². The number of ether oxygens (including phenoxy) is 2. The minimum atomic E-state index is -2.96. The lowest BCUT2D eigenvalue weighted by atomic mass is 9.97. The number of carbonyl (C=O) groups excluding carboxylic acids is 1. The molecule has 2 aromatic carbocycles. The summed E-state index contributed by atoms with van der Waals surface area (Å²) < 4.78 is 36.2. The Balaban J connectivity index is 1.58. The monoisotopic (exact) mass is 359 g/mol. The number of halogens is 2. The van der Waals surface area contributed by atoms with Crippen molar-refractivity contribution in [2.45, 2.75) is 12.7 Å². The van der Waals surface area contributed by atoms with Crippen LogP contribution < -0.4 is 10.1 Å². The third-order valence-corrected chi connectivity index (χ3v) is 3.66. The van der Waals surface area contributed by atoms with Gasteiger partial charge in [-0.15, -0.1) is 5.10 Å². The van der Waals surface area contributed by atoms with Gasteiger partial charge in [-0.1, -0.05) is 46.3 Å². The quantitative estimate of drug-likeness (QED) is 0.769. The van der Waals surface area contributed by atoms with Gasteiger partial charge in [0.05, 0.1) is 0 Å². The molecule has 1 aliphatic rings. The van der Waals surface area contributed by atoms with E-state index < -0.39 is 18.7 Å². The van der Waals surface area contributed by atoms with E-state index in [0.717, 1.165) is 0 Å². The molecule has 2 heterocycles. The Hall–Kier alpha value is -3.56. The largest absolute Gasteiger partial charge is 0.456 e. The highest BCUT2D eigenvalue weighted by molar-refractivity contribution is 5.82. The Kier molecular flexibility index (Phi) is 3.92. The zero-order valence-electron chi connectivity index (χ0n) is 13.0. The van der Waals surface area contributed by atoms with Crippen LogP contribution in [-0.4, -0.2) is 26.3 Å². The minimum Gasteiger partial charge on any atom is -0.456 e. The predicted octanol–water partition coefficient (Wildman–Crippen LogP) is 3.51. The molecule has 1 aromatic heterocycles. The van der Waals surface area contributed by atoms with Crippen molar-refractivity contribution >= 4 is 12.0 Å². The van der Waals surface area contributed by atoms with E-state index in [1.54, 1.807) is 48.5 Å². The van der Waals surface area contributed by atoms with Crippen LogP contribution in [0.3, 0.4) is 0 Å². The number of fused-ring (bicyclic) bond motifs is 2. The van der Waals surface area contributed by atoms with Crippen molar-refractivity contribution in [1.82, 2.24) is 20.2 Å². The molecule has 4 rings (SSSR count). The number of tetrazole rings is 1. The van der Waals surface area contributed by atoms with Gasteiger partial charge in [-0.25, -0.2) is 4.79 Å². The van der Waals surface area contributed by atoms with Crippen LogP contribution in [0.1, 0.15) is 23.8 Å². The van der Waals surface area contributed by atoms with Crippen LogP contribution in [-0.2, 0) is 4.74 Å². The molecule has 0 unspecified atom stereocenters. The summed E-state index contributed by atoms with van der Waals surface area (Å²) in [4.78, 5) is 12.3. The van der Waals surface area contributed by atoms with Crippen LogP contribution in [0.25, 0.3) is 0 Å². The normalized spacial score (nSPS) is 12.9. The summed E-state index contributed by atoms with van der Waals surface area (Å²) in [5.41, 5.74) is 1.32. The zero-order valence-corrected chi connectivity index (χ0v) is 13.0. The van der Waals surface area contributed by atoms with Crippen molar-refractivity contribution in [3.63, 3.8) is 0 Å². The van der Waals surface area contributed by atoms with E-state index in [-0.39, 0.29) is 10.7 Å². The molecule has 0 saturated heterocycles. The highest BCUT2D eigenvalue weighted by Gasteiger charge is 2.30. The molecule has 0 aliphatic carbocycles. The number of anilines is 1. The number of amides is 1. The smallest absolute Gasteiger partial charge is 0.415 e. The molecule has 1 amide bonds. The first-order chi connectivity index (χ1) is 12.6. The van der Waals surface area contributed by atoms with Gasteiger partial charge >= 0.3 is 12.6 Å². The van der Waals surface area contributed by atoms with E-state index in [4.69, 9.17) is 9.47 Å². The fraction of sp³-hybridized carbons (Fsp3) is 0.125. The topological polar surface area (TPSA) is 91.2 Å². The summed E-state index contributed by atoms with van der Waals surface area (Å²) in [7, 11) is 0. The Morgan fingerprint density at radius 2 is 1.73 bits per heavy atom. The number of aromatic nitrogens is 4. The van der Waals surface area contributed by atoms with E-state index in [0.29, 0.717) is 22.6 Å². The van der Waals surface area contributed by atoms with E-state index in [9.17, 15) is 13.6 Å². The number of hydrogen-bond donors (Lipinski definition) is 1. The van der Waals surface area contributed by atoms with Crippen LogP contribution in [0.4, 0.5) is 19.5 Å². The number of rotatable bonds is 3. The lowest BCUT2D eigenvalue weighted by molar-refractivity contribution is 0.0397. The van der Waals surface area contributed by atoms with E-state index in [1.165, 1.54) is 0 Å². The van der Waals surface area contributed by atoms with Crippen LogP contribution >= 0.6 is 0 Å². The average molecular weight is 359 g/mol. The third kappa shape index (κ3) is 2.92. The maximum atomic E-state index is 12.5. The number of hydrogen-bond acceptors (Lipinski definition) is 6. The summed E-state index contributed by atoms with van der Waals surface area (Å²) in [5, 5.41) is 12.0. The second kappa shape index (κ2) is 6.39. The molecule has 132 valence electrons. The maximum absolute atomic E-state index is 12.5. The molecule has 1 N–H and O–H groups in total. The Bertz CT molecular complexity index is 917. The standard InChI is InChI=1S/C16H11F2N5O3/c17-14(18)23-21-15(20-22-23)19-16(24)26-13-9-5-1-3-7-11(9)25-12-8-4-2-6-10(12)13/h1-8,13-14H,(H,19,21,24). The van der Waals surface area contributed by atoms with Crippen molar-refractivity contribution < 1.29 is 23.0 Å². The van der Waals surface area contributed by atoms with Crippen LogP contribution in [0.15, 0.2) is 48.5 Å². The molecule has 1 aliphatic heterocycles. The highest BCUT2D eigenvalue weighted by Crippen LogP contribution is 2.44. The van der Waals surface area contributed by atoms with Gasteiger partial charge in [-0.05, 0) is 17.3 Å². The second-order valence-corrected chi connectivity index (χ2v) is 5.30. The number of carbonyl (C=O) groups is 1. The minimum absolute atomic E-state index is 0.0780. The average Bonchev–Trinajstić information content (AvgIpc) is 3.10. The fourth-order valence-electron chi connectivity index (χ4n) is 2.58. The lowest BCUT2D eigenvalue weighted by Crippen LogP contribution is -2.21. The van der Waals surface area contributed by atoms with Gasteiger partial charge in [0.25, 0.3) is 5.95 Å². The molecule has 0 bridgehead atoms. The third-order valence-electron chi connectivity index (χ3n) is 3.66. The Morgan fingerprint density at radius 3 is 2.31 bits per heavy atom. The Morgan fingerprint density at radius 1 is 1.12 bits per heavy atom.